The van der Waals surface area contributed by atoms with Gasteiger partial charge in [0.25, 0.3) is 0 Å². The molecule has 10 aromatic carbocycles. The number of thiophene rings is 1. The fraction of sp³-hybridized carbons (Fsp3) is 0.0182. The molecule has 0 saturated carbocycles. The Bertz CT molecular complexity index is 3400. The minimum absolute atomic E-state index is 0.297. The lowest BCUT2D eigenvalue weighted by Crippen LogP contribution is -2.09. The van der Waals surface area contributed by atoms with Crippen LogP contribution in [0.2, 0.25) is 0 Å². The van der Waals surface area contributed by atoms with Crippen molar-refractivity contribution in [3.63, 3.8) is 0 Å². The third-order valence-corrected chi connectivity index (χ3v) is 13.9. The predicted molar refractivity (Wildman–Crippen MR) is 244 cm³/mol. The summed E-state index contributed by atoms with van der Waals surface area (Å²) in [6.07, 6.45) is 0. The molecule has 2 aliphatic rings. The smallest absolute Gasteiger partial charge is 0.0468 e. The number of anilines is 3. The SMILES string of the molecule is c1ccc2c(c1)-c1cccc3c1C2c1c-3ccc2c1ccc1c3cc(-c4ccc(N(c5ccc6ccccc6c5)c5ccc6ccccc6c5)cc4)ccc3sc21. The van der Waals surface area contributed by atoms with Crippen LogP contribution >= 0.6 is 11.3 Å². The molecular formula is C55H33NS. The fourth-order valence-electron chi connectivity index (χ4n) is 10.1. The van der Waals surface area contributed by atoms with Crippen LogP contribution in [0.1, 0.15) is 22.6 Å². The molecular weight excluding hydrogens is 707 g/mol. The molecule has 2 aliphatic carbocycles. The van der Waals surface area contributed by atoms with Crippen molar-refractivity contribution in [2.45, 2.75) is 5.92 Å². The van der Waals surface area contributed by atoms with E-state index in [2.05, 4.69) is 199 Å². The largest absolute Gasteiger partial charge is 0.310 e. The van der Waals surface area contributed by atoms with Gasteiger partial charge in [0.1, 0.15) is 0 Å². The Labute approximate surface area is 334 Å². The summed E-state index contributed by atoms with van der Waals surface area (Å²) in [5.41, 5.74) is 15.8. The van der Waals surface area contributed by atoms with Gasteiger partial charge >= 0.3 is 0 Å². The summed E-state index contributed by atoms with van der Waals surface area (Å²) >= 11 is 1.93. The van der Waals surface area contributed by atoms with Crippen molar-refractivity contribution >= 4 is 80.9 Å². The maximum absolute atomic E-state index is 2.41. The lowest BCUT2D eigenvalue weighted by molar-refractivity contribution is 1.07. The van der Waals surface area contributed by atoms with Gasteiger partial charge in [-0.3, -0.25) is 0 Å². The summed E-state index contributed by atoms with van der Waals surface area (Å²) in [5, 5.41) is 10.3. The zero-order valence-electron chi connectivity index (χ0n) is 30.9. The molecule has 0 spiro atoms. The summed E-state index contributed by atoms with van der Waals surface area (Å²) < 4.78 is 2.70. The normalized spacial score (nSPS) is 13.8. The summed E-state index contributed by atoms with van der Waals surface area (Å²) in [6, 6.07) is 72.3. The standard InChI is InChI=1S/C55H33NS/c1-3-10-36-30-40(23-18-33(36)8-1)56(41-24-19-34-9-2-4-11-37(34)31-41)39-21-16-35(17-22-39)38-20-29-51-50(32-38)49-28-26-47-48(55(49)57-51)27-25-46-45-15-7-14-43-42-12-5-6-13-44(42)54(52(43)45)53(46)47/h1-32,54H. The first-order valence-electron chi connectivity index (χ1n) is 19.8. The number of nitrogens with zero attached hydrogens (tertiary/aromatic N) is 1. The van der Waals surface area contributed by atoms with Gasteiger partial charge < -0.3 is 4.90 Å². The van der Waals surface area contributed by atoms with Gasteiger partial charge in [-0.05, 0) is 131 Å². The molecule has 0 saturated heterocycles. The van der Waals surface area contributed by atoms with Crippen molar-refractivity contribution < 1.29 is 0 Å². The van der Waals surface area contributed by atoms with E-state index < -0.39 is 0 Å². The van der Waals surface area contributed by atoms with Crippen molar-refractivity contribution in [1.29, 1.82) is 0 Å². The van der Waals surface area contributed by atoms with E-state index in [1.165, 1.54) is 103 Å². The molecule has 0 aliphatic heterocycles. The molecule has 57 heavy (non-hydrogen) atoms. The molecule has 1 unspecified atom stereocenters. The summed E-state index contributed by atoms with van der Waals surface area (Å²) in [6.45, 7) is 0. The Balaban J connectivity index is 0.909. The lowest BCUT2D eigenvalue weighted by atomic mass is 9.89. The molecule has 2 heteroatoms. The van der Waals surface area contributed by atoms with E-state index in [1.807, 2.05) is 11.3 Å². The maximum Gasteiger partial charge on any atom is 0.0468 e. The third-order valence-electron chi connectivity index (χ3n) is 12.7. The number of rotatable bonds is 4. The molecule has 0 bridgehead atoms. The average Bonchev–Trinajstić information content (AvgIpc) is 3.94. The first-order chi connectivity index (χ1) is 28.2. The molecule has 1 aromatic heterocycles. The first-order valence-corrected chi connectivity index (χ1v) is 20.6. The van der Waals surface area contributed by atoms with Crippen LogP contribution < -0.4 is 4.90 Å². The minimum Gasteiger partial charge on any atom is -0.310 e. The molecule has 0 fully saturated rings. The molecule has 1 heterocycles. The highest BCUT2D eigenvalue weighted by molar-refractivity contribution is 7.26. The van der Waals surface area contributed by atoms with E-state index >= 15 is 0 Å². The van der Waals surface area contributed by atoms with Gasteiger partial charge in [0.05, 0.1) is 0 Å². The Kier molecular flexibility index (Phi) is 6.44. The van der Waals surface area contributed by atoms with E-state index in [4.69, 9.17) is 0 Å². The second kappa shape index (κ2) is 11.8. The van der Waals surface area contributed by atoms with Gasteiger partial charge in [-0.25, -0.2) is 0 Å². The second-order valence-electron chi connectivity index (χ2n) is 15.6. The number of hydrogen-bond donors (Lipinski definition) is 0. The van der Waals surface area contributed by atoms with Crippen LogP contribution in [0.5, 0.6) is 0 Å². The van der Waals surface area contributed by atoms with Crippen LogP contribution in [0.15, 0.2) is 194 Å². The van der Waals surface area contributed by atoms with Crippen LogP contribution in [-0.2, 0) is 0 Å². The number of benzene rings is 10. The Morgan fingerprint density at radius 3 is 1.67 bits per heavy atom. The van der Waals surface area contributed by atoms with Gasteiger partial charge in [0.15, 0.2) is 0 Å². The zero-order chi connectivity index (χ0) is 37.2. The van der Waals surface area contributed by atoms with Crippen molar-refractivity contribution in [2.75, 3.05) is 4.90 Å². The van der Waals surface area contributed by atoms with Crippen molar-refractivity contribution in [3.8, 4) is 33.4 Å². The monoisotopic (exact) mass is 739 g/mol. The van der Waals surface area contributed by atoms with Crippen molar-refractivity contribution in [1.82, 2.24) is 0 Å². The highest BCUT2D eigenvalue weighted by Crippen LogP contribution is 2.59. The molecule has 264 valence electrons. The summed E-state index contributed by atoms with van der Waals surface area (Å²) in [4.78, 5) is 2.38. The van der Waals surface area contributed by atoms with Crippen LogP contribution in [-0.4, -0.2) is 0 Å². The van der Waals surface area contributed by atoms with Crippen LogP contribution in [0.3, 0.4) is 0 Å². The van der Waals surface area contributed by atoms with Crippen LogP contribution in [0.4, 0.5) is 17.1 Å². The van der Waals surface area contributed by atoms with Gasteiger partial charge in [-0.2, -0.15) is 0 Å². The highest BCUT2D eigenvalue weighted by atomic mass is 32.1. The zero-order valence-corrected chi connectivity index (χ0v) is 31.7. The van der Waals surface area contributed by atoms with E-state index in [0.717, 1.165) is 17.1 Å². The van der Waals surface area contributed by atoms with E-state index in [1.54, 1.807) is 0 Å². The Morgan fingerprint density at radius 1 is 0.351 bits per heavy atom. The Hall–Kier alpha value is -7.00. The van der Waals surface area contributed by atoms with Gasteiger partial charge in [0.2, 0.25) is 0 Å². The van der Waals surface area contributed by atoms with Gasteiger partial charge in [-0.1, -0.05) is 146 Å². The summed E-state index contributed by atoms with van der Waals surface area (Å²) in [7, 11) is 0. The Morgan fingerprint density at radius 2 is 0.912 bits per heavy atom. The van der Waals surface area contributed by atoms with Crippen LogP contribution in [0, 0.1) is 0 Å². The van der Waals surface area contributed by atoms with Gasteiger partial charge in [-0.15, -0.1) is 11.3 Å². The molecule has 1 nitrogen and oxygen atoms in total. The average molecular weight is 740 g/mol. The first kappa shape index (κ1) is 31.2. The highest BCUT2D eigenvalue weighted by Gasteiger charge is 2.39. The molecule has 0 radical (unpaired) electrons. The van der Waals surface area contributed by atoms with E-state index in [9.17, 15) is 0 Å². The topological polar surface area (TPSA) is 3.24 Å². The minimum atomic E-state index is 0.297. The number of hydrogen-bond acceptors (Lipinski definition) is 2. The second-order valence-corrected chi connectivity index (χ2v) is 16.7. The van der Waals surface area contributed by atoms with E-state index in [-0.39, 0.29) is 0 Å². The van der Waals surface area contributed by atoms with E-state index in [0.29, 0.717) is 5.92 Å². The van der Waals surface area contributed by atoms with Gasteiger partial charge in [0, 0.05) is 43.2 Å². The molecule has 0 amide bonds. The van der Waals surface area contributed by atoms with Crippen molar-refractivity contribution in [3.05, 3.63) is 211 Å². The molecule has 1 atom stereocenters. The third kappa shape index (κ3) is 4.51. The quantitative estimate of drug-likeness (QED) is 0.174. The molecule has 0 N–H and O–H groups in total. The fourth-order valence-corrected chi connectivity index (χ4v) is 11.3. The summed E-state index contributed by atoms with van der Waals surface area (Å²) in [5.74, 6) is 0.297. The van der Waals surface area contributed by atoms with Crippen LogP contribution in [0.25, 0.3) is 85.9 Å². The molecule has 13 rings (SSSR count). The molecule has 11 aromatic rings. The lowest BCUT2D eigenvalue weighted by Gasteiger charge is -2.26. The van der Waals surface area contributed by atoms with Crippen molar-refractivity contribution in [2.24, 2.45) is 0 Å². The maximum atomic E-state index is 2.41. The predicted octanol–water partition coefficient (Wildman–Crippen LogP) is 15.8. The number of fused-ring (bicyclic) bond motifs is 14.